The number of carboxylic acid groups (broad SMARTS) is 1. The summed E-state index contributed by atoms with van der Waals surface area (Å²) in [6, 6.07) is 3.54. The second-order valence-corrected chi connectivity index (χ2v) is 9.43. The number of rotatable bonds is 5. The van der Waals surface area contributed by atoms with Gasteiger partial charge in [-0.05, 0) is 91.4 Å². The third kappa shape index (κ3) is 3.13. The molecule has 0 aromatic heterocycles. The molecule has 0 aliphatic heterocycles. The van der Waals surface area contributed by atoms with Gasteiger partial charge in [0.25, 0.3) is 0 Å². The van der Waals surface area contributed by atoms with Gasteiger partial charge in [0.15, 0.2) is 5.78 Å². The van der Waals surface area contributed by atoms with Crippen molar-refractivity contribution in [1.82, 2.24) is 0 Å². The molecule has 0 unspecified atom stereocenters. The predicted molar refractivity (Wildman–Crippen MR) is 106 cm³/mol. The summed E-state index contributed by atoms with van der Waals surface area (Å²) in [5.41, 5.74) is 3.87. The van der Waals surface area contributed by atoms with Gasteiger partial charge in [0.2, 0.25) is 0 Å². The van der Waals surface area contributed by atoms with E-state index in [1.165, 1.54) is 31.2 Å². The van der Waals surface area contributed by atoms with Gasteiger partial charge in [-0.2, -0.15) is 0 Å². The Morgan fingerprint density at radius 1 is 1.19 bits per heavy atom. The van der Waals surface area contributed by atoms with Gasteiger partial charge in [0.05, 0.1) is 5.56 Å². The molecule has 4 rings (SSSR count). The maximum absolute atomic E-state index is 13.0. The smallest absolute Gasteiger partial charge is 0.335 e. The topological polar surface area (TPSA) is 54.4 Å². The molecule has 2 fully saturated rings. The monoisotopic (exact) mass is 368 g/mol. The number of carbonyl (C=O) groups excluding carboxylic acids is 1. The van der Waals surface area contributed by atoms with Crippen molar-refractivity contribution < 1.29 is 14.7 Å². The second kappa shape index (κ2) is 7.07. The molecule has 0 radical (unpaired) electrons. The normalized spacial score (nSPS) is 31.7. The third-order valence-corrected chi connectivity index (χ3v) is 7.91. The van der Waals surface area contributed by atoms with Gasteiger partial charge >= 0.3 is 5.97 Å². The van der Waals surface area contributed by atoms with Gasteiger partial charge in [-0.15, -0.1) is 0 Å². The number of hydrogen-bond donors (Lipinski definition) is 1. The lowest BCUT2D eigenvalue weighted by Crippen LogP contribution is -2.40. The van der Waals surface area contributed by atoms with E-state index < -0.39 is 5.97 Å². The zero-order valence-electron chi connectivity index (χ0n) is 16.7. The molecular formula is C24H32O3. The average molecular weight is 369 g/mol. The SMILES string of the molecule is CCCCC(=O)c1cc(C(=O)O)cc2c1[C@H]1CC[C@]3(C)CCC[C@H]3[C@@H]1CC2. The molecule has 27 heavy (non-hydrogen) atoms. The minimum Gasteiger partial charge on any atom is -0.478 e. The number of ketones is 1. The van der Waals surface area contributed by atoms with E-state index in [1.807, 2.05) is 6.07 Å². The maximum Gasteiger partial charge on any atom is 0.335 e. The Morgan fingerprint density at radius 3 is 2.74 bits per heavy atom. The highest BCUT2D eigenvalue weighted by Crippen LogP contribution is 2.61. The Hall–Kier alpha value is -1.64. The van der Waals surface area contributed by atoms with Crippen molar-refractivity contribution in [2.75, 3.05) is 0 Å². The first kappa shape index (κ1) is 18.7. The first-order chi connectivity index (χ1) is 12.9. The van der Waals surface area contributed by atoms with Crippen molar-refractivity contribution in [3.05, 3.63) is 34.4 Å². The molecule has 3 nitrogen and oxygen atoms in total. The van der Waals surface area contributed by atoms with Gasteiger partial charge in [0, 0.05) is 12.0 Å². The number of aryl methyl sites for hydroxylation is 1. The van der Waals surface area contributed by atoms with Crippen LogP contribution in [0.15, 0.2) is 12.1 Å². The summed E-state index contributed by atoms with van der Waals surface area (Å²) in [7, 11) is 0. The molecule has 146 valence electrons. The van der Waals surface area contributed by atoms with Gasteiger partial charge < -0.3 is 5.11 Å². The highest BCUT2D eigenvalue weighted by atomic mass is 16.4. The van der Waals surface area contributed by atoms with Gasteiger partial charge in [-0.1, -0.05) is 26.7 Å². The zero-order chi connectivity index (χ0) is 19.2. The number of carbonyl (C=O) groups is 2. The minimum atomic E-state index is -0.920. The van der Waals surface area contributed by atoms with E-state index >= 15 is 0 Å². The van der Waals surface area contributed by atoms with Crippen molar-refractivity contribution in [2.45, 2.75) is 84.0 Å². The van der Waals surface area contributed by atoms with E-state index in [0.29, 0.717) is 23.7 Å². The Kier molecular flexibility index (Phi) is 4.90. The molecule has 0 bridgehead atoms. The van der Waals surface area contributed by atoms with Crippen LogP contribution < -0.4 is 0 Å². The van der Waals surface area contributed by atoms with Crippen LogP contribution in [0.25, 0.3) is 0 Å². The molecular weight excluding hydrogens is 336 g/mol. The highest BCUT2D eigenvalue weighted by Gasteiger charge is 2.50. The van der Waals surface area contributed by atoms with Crippen LogP contribution in [0.2, 0.25) is 0 Å². The lowest BCUT2D eigenvalue weighted by Gasteiger charge is -2.49. The molecule has 3 aliphatic rings. The number of aromatic carboxylic acids is 1. The summed E-state index contributed by atoms with van der Waals surface area (Å²) in [4.78, 5) is 24.7. The van der Waals surface area contributed by atoms with Crippen LogP contribution in [0.3, 0.4) is 0 Å². The number of Topliss-reactive ketones (excluding diaryl/α,β-unsaturated/α-hetero) is 1. The van der Waals surface area contributed by atoms with E-state index in [1.54, 1.807) is 6.07 Å². The lowest BCUT2D eigenvalue weighted by atomic mass is 9.55. The summed E-state index contributed by atoms with van der Waals surface area (Å²) >= 11 is 0. The van der Waals surface area contributed by atoms with Crippen LogP contribution >= 0.6 is 0 Å². The Bertz CT molecular complexity index is 765. The summed E-state index contributed by atoms with van der Waals surface area (Å²) in [6.45, 7) is 4.58. The second-order valence-electron chi connectivity index (χ2n) is 9.43. The van der Waals surface area contributed by atoms with E-state index in [-0.39, 0.29) is 11.3 Å². The van der Waals surface area contributed by atoms with Crippen LogP contribution in [0.1, 0.15) is 109 Å². The highest BCUT2D eigenvalue weighted by molar-refractivity contribution is 6.00. The zero-order valence-corrected chi connectivity index (χ0v) is 16.7. The van der Waals surface area contributed by atoms with Crippen molar-refractivity contribution >= 4 is 11.8 Å². The van der Waals surface area contributed by atoms with Crippen LogP contribution in [0, 0.1) is 17.3 Å². The van der Waals surface area contributed by atoms with E-state index in [0.717, 1.165) is 49.1 Å². The lowest BCUT2D eigenvalue weighted by molar-refractivity contribution is 0.0592. The van der Waals surface area contributed by atoms with Crippen LogP contribution in [0.4, 0.5) is 0 Å². The summed E-state index contributed by atoms with van der Waals surface area (Å²) in [5.74, 6) is 1.13. The van der Waals surface area contributed by atoms with Crippen LogP contribution in [-0.2, 0) is 6.42 Å². The van der Waals surface area contributed by atoms with E-state index in [9.17, 15) is 14.7 Å². The number of hydrogen-bond acceptors (Lipinski definition) is 2. The fraction of sp³-hybridized carbons (Fsp3) is 0.667. The molecule has 4 atom stereocenters. The Morgan fingerprint density at radius 2 is 2.00 bits per heavy atom. The first-order valence-electron chi connectivity index (χ1n) is 10.9. The molecule has 0 amide bonds. The molecule has 1 aromatic carbocycles. The van der Waals surface area contributed by atoms with Crippen molar-refractivity contribution in [3.8, 4) is 0 Å². The number of benzene rings is 1. The third-order valence-electron chi connectivity index (χ3n) is 7.91. The number of unbranched alkanes of at least 4 members (excludes halogenated alkanes) is 1. The summed E-state index contributed by atoms with van der Waals surface area (Å²) in [5, 5.41) is 9.55. The Balaban J connectivity index is 1.77. The summed E-state index contributed by atoms with van der Waals surface area (Å²) in [6.07, 6.45) is 10.9. The van der Waals surface area contributed by atoms with Crippen molar-refractivity contribution in [2.24, 2.45) is 17.3 Å². The first-order valence-corrected chi connectivity index (χ1v) is 10.9. The van der Waals surface area contributed by atoms with Gasteiger partial charge in [0.1, 0.15) is 0 Å². The molecule has 0 heterocycles. The van der Waals surface area contributed by atoms with Crippen molar-refractivity contribution in [1.29, 1.82) is 0 Å². The molecule has 3 heteroatoms. The number of fused-ring (bicyclic) bond motifs is 5. The fourth-order valence-electron chi connectivity index (χ4n) is 6.55. The Labute approximate surface area is 162 Å². The average Bonchev–Trinajstić information content (AvgIpc) is 3.06. The molecule has 0 spiro atoms. The van der Waals surface area contributed by atoms with Gasteiger partial charge in [-0.3, -0.25) is 4.79 Å². The van der Waals surface area contributed by atoms with Gasteiger partial charge in [-0.25, -0.2) is 4.79 Å². The van der Waals surface area contributed by atoms with Crippen LogP contribution in [0.5, 0.6) is 0 Å². The quantitative estimate of drug-likeness (QED) is 0.648. The molecule has 1 N–H and O–H groups in total. The predicted octanol–water partition coefficient (Wildman–Crippen LogP) is 6.00. The standard InChI is InChI=1S/C24H32O3/c1-3-4-7-21(25)19-14-16(23(26)27)13-15-8-9-17-18(22(15)19)10-12-24(2)11-5-6-20(17)24/h13-14,17-18,20H,3-12H2,1-2H3,(H,26,27)/t17-,18+,20+,24+/m1/s1. The summed E-state index contributed by atoms with van der Waals surface area (Å²) < 4.78 is 0. The minimum absolute atomic E-state index is 0.150. The molecule has 2 saturated carbocycles. The van der Waals surface area contributed by atoms with E-state index in [2.05, 4.69) is 13.8 Å². The van der Waals surface area contributed by atoms with Crippen molar-refractivity contribution in [3.63, 3.8) is 0 Å². The number of carboxylic acids is 1. The fourth-order valence-corrected chi connectivity index (χ4v) is 6.55. The molecule has 0 saturated heterocycles. The molecule has 1 aromatic rings. The van der Waals surface area contributed by atoms with E-state index in [4.69, 9.17) is 0 Å². The van der Waals surface area contributed by atoms with Crippen LogP contribution in [-0.4, -0.2) is 16.9 Å². The molecule has 3 aliphatic carbocycles. The maximum atomic E-state index is 13.0. The largest absolute Gasteiger partial charge is 0.478 e.